The molecule has 0 saturated heterocycles. The van der Waals surface area contributed by atoms with Gasteiger partial charge >= 0.3 is 24.2 Å². The lowest BCUT2D eigenvalue weighted by molar-refractivity contribution is -0.385. The highest BCUT2D eigenvalue weighted by atomic mass is 35.5. The number of fused-ring (bicyclic) bond motifs is 3. The fraction of sp³-hybridized carbons (Fsp3) is 0.107. The second-order valence-corrected chi connectivity index (χ2v) is 25.4. The van der Waals surface area contributed by atoms with Crippen LogP contribution < -0.4 is 55.7 Å². The molecule has 35 heteroatoms. The van der Waals surface area contributed by atoms with Crippen LogP contribution in [0.15, 0.2) is 233 Å². The van der Waals surface area contributed by atoms with Crippen LogP contribution in [0.3, 0.4) is 0 Å². The van der Waals surface area contributed by atoms with Gasteiger partial charge in [0.05, 0.1) is 53.1 Å². The van der Waals surface area contributed by atoms with Crippen LogP contribution in [0.2, 0.25) is 15.2 Å². The van der Waals surface area contributed by atoms with Crippen LogP contribution in [0.1, 0.15) is 67.4 Å². The largest absolute Gasteiger partial charge is 0.488 e. The Labute approximate surface area is 639 Å². The van der Waals surface area contributed by atoms with E-state index in [4.69, 9.17) is 67.8 Å². The molecular formula is C75H66BCl3N20O11. The summed E-state index contributed by atoms with van der Waals surface area (Å²) in [4.78, 5) is 102. The average Bonchev–Trinajstić information content (AvgIpc) is 0.752. The Hall–Kier alpha value is -13.5. The van der Waals surface area contributed by atoms with E-state index in [1.165, 1.54) is 4.57 Å². The molecule has 14 aromatic rings. The minimum Gasteiger partial charge on any atom is -0.423 e. The molecule has 0 aliphatic carbocycles. The Morgan fingerprint density at radius 2 is 0.827 bits per heavy atom. The molecule has 0 bridgehead atoms. The molecule has 0 aliphatic rings. The number of nitrogens with one attached hydrogen (secondary N) is 2. The van der Waals surface area contributed by atoms with Gasteiger partial charge < -0.3 is 43.6 Å². The van der Waals surface area contributed by atoms with Crippen molar-refractivity contribution in [3.05, 3.63) is 324 Å². The van der Waals surface area contributed by atoms with E-state index in [1.54, 1.807) is 90.8 Å². The maximum absolute atomic E-state index is 14.2. The number of pyridine rings is 5. The van der Waals surface area contributed by atoms with Crippen LogP contribution in [-0.2, 0) is 0 Å². The molecule has 0 saturated carbocycles. The van der Waals surface area contributed by atoms with E-state index in [-0.39, 0.29) is 74.4 Å². The molecule has 0 fully saturated rings. The third-order valence-corrected chi connectivity index (χ3v) is 17.5. The molecule has 0 radical (unpaired) electrons. The predicted molar refractivity (Wildman–Crippen MR) is 426 cm³/mol. The number of nitro groups is 3. The topological polar surface area (TPSA) is 467 Å². The summed E-state index contributed by atoms with van der Waals surface area (Å²) in [5.74, 6) is -0.357. The normalized spacial score (nSPS) is 11.6. The van der Waals surface area contributed by atoms with E-state index in [2.05, 4.69) is 50.5 Å². The fourth-order valence-electron chi connectivity index (χ4n) is 11.6. The molecule has 12 N–H and O–H groups in total. The summed E-state index contributed by atoms with van der Waals surface area (Å²) >= 11 is 17.9. The molecular weight excluding hydrogens is 1470 g/mol. The van der Waals surface area contributed by atoms with Gasteiger partial charge in [0, 0.05) is 64.0 Å². The van der Waals surface area contributed by atoms with Crippen molar-refractivity contribution in [2.75, 3.05) is 27.8 Å². The number of para-hydroxylation sites is 3. The minimum atomic E-state index is -1.39. The molecule has 0 unspecified atom stereocenters. The van der Waals surface area contributed by atoms with E-state index in [1.807, 2.05) is 153 Å². The summed E-state index contributed by atoms with van der Waals surface area (Å²) in [5, 5.41) is 60.7. The second kappa shape index (κ2) is 35.3. The number of aromatic nitrogens is 11. The number of benzene rings is 6. The summed E-state index contributed by atoms with van der Waals surface area (Å²) < 4.78 is 4.79. The number of nitrogen functional groups attached to an aromatic ring is 3. The van der Waals surface area contributed by atoms with Crippen LogP contribution in [-0.4, -0.2) is 85.5 Å². The zero-order valence-corrected chi connectivity index (χ0v) is 61.1. The standard InChI is InChI=1S/C27H23N7O3.C21H17ClN6O3.C17H15ClN2O.C6H8BNO2.C4H3ClN4O2/c1-16-13-18(11-12-29-16)21-10-6-7-19-14-22(33(26(35)24(19)21)20-8-4-3-5-9-20)17(2)31-25-23(34(36)37)15-30-27(28)32-25;1-12(25-19-17(28(30)31)11-24-21(23)26-19)16-10-13-6-5-9-15(22)18(13)20(29)27(16)14-7-3-2-4-8-14;1-11(19)15-10-12-6-5-9-14(18)16(12)17(21)20(15)13-7-3-2-4-8-13;1-5-4-6(7(9)10)2-3-8-5;5-3-2(9(10)11)1-7-4(6)8-3/h3-15,17H,1-2H3,(H3,28,30,31,32);2-12H,1H3,(H3,23,24,25,26);2-11H,19H2,1H3;2-4,9-10H,1H3;1H,(H2,6,7,8)/t17-;12-;11-;;/m000../s1. The number of rotatable bonds is 15. The Morgan fingerprint density at radius 3 is 1.22 bits per heavy atom. The SMILES string of the molecule is C[C@H](N)c1cc2cccc(Cl)c2c(=O)n1-c1ccccc1.C[C@H](Nc1nc(N)ncc1[N+](=O)[O-])c1cc2cccc(Cl)c2c(=O)n1-c1ccccc1.Cc1cc(-c2cccc3cc([C@H](C)Nc4nc(N)ncc4[N+](=O)[O-])n(-c4ccccc4)c(=O)c23)ccn1.Cc1cc(B(O)O)ccn1.Nc1ncc([N+](=O)[O-])c(Cl)n1. The molecule has 0 amide bonds. The van der Waals surface area contributed by atoms with Crippen molar-refractivity contribution in [2.24, 2.45) is 5.73 Å². The van der Waals surface area contributed by atoms with Crippen LogP contribution in [0, 0.1) is 44.2 Å². The summed E-state index contributed by atoms with van der Waals surface area (Å²) in [6.45, 7) is 9.14. The lowest BCUT2D eigenvalue weighted by atomic mass is 9.81. The quantitative estimate of drug-likeness (QED) is 0.0204. The Morgan fingerprint density at radius 1 is 0.455 bits per heavy atom. The van der Waals surface area contributed by atoms with E-state index < -0.39 is 34.0 Å². The molecule has 8 heterocycles. The van der Waals surface area contributed by atoms with Gasteiger partial charge in [0.1, 0.15) is 18.6 Å². The van der Waals surface area contributed by atoms with Crippen molar-refractivity contribution in [2.45, 2.75) is 52.7 Å². The number of hydrogen-bond donors (Lipinski definition) is 8. The van der Waals surface area contributed by atoms with Crippen molar-refractivity contribution in [1.82, 2.24) is 53.6 Å². The van der Waals surface area contributed by atoms with Crippen LogP contribution in [0.25, 0.3) is 60.5 Å². The first-order valence-electron chi connectivity index (χ1n) is 33.1. The zero-order valence-electron chi connectivity index (χ0n) is 58.9. The highest BCUT2D eigenvalue weighted by Gasteiger charge is 2.26. The zero-order chi connectivity index (χ0) is 79.2. The van der Waals surface area contributed by atoms with Gasteiger partial charge in [-0.2, -0.15) is 15.0 Å². The van der Waals surface area contributed by atoms with Gasteiger partial charge in [-0.05, 0) is 158 Å². The van der Waals surface area contributed by atoms with Crippen molar-refractivity contribution in [3.63, 3.8) is 0 Å². The van der Waals surface area contributed by atoms with Gasteiger partial charge in [-0.15, -0.1) is 0 Å². The number of nitrogens with two attached hydrogens (primary N) is 4. The predicted octanol–water partition coefficient (Wildman–Crippen LogP) is 12.3. The van der Waals surface area contributed by atoms with Crippen LogP contribution in [0.4, 0.5) is 46.5 Å². The van der Waals surface area contributed by atoms with Crippen molar-refractivity contribution in [3.8, 4) is 28.2 Å². The highest BCUT2D eigenvalue weighted by Crippen LogP contribution is 2.34. The first-order chi connectivity index (χ1) is 52.6. The fourth-order valence-corrected chi connectivity index (χ4v) is 12.3. The molecule has 0 aliphatic heterocycles. The molecule has 31 nitrogen and oxygen atoms in total. The van der Waals surface area contributed by atoms with Gasteiger partial charge in [0.25, 0.3) is 16.7 Å². The second-order valence-electron chi connectivity index (χ2n) is 24.2. The molecule has 8 aromatic heterocycles. The summed E-state index contributed by atoms with van der Waals surface area (Å²) in [7, 11) is -1.39. The lowest BCUT2D eigenvalue weighted by Crippen LogP contribution is -2.29. The number of nitrogens with zero attached hydrogens (tertiary/aromatic N) is 14. The molecule has 14 rings (SSSR count). The molecule has 0 spiro atoms. The van der Waals surface area contributed by atoms with Crippen molar-refractivity contribution >= 4 is 126 Å². The Balaban J connectivity index is 0.000000158. The average molecular weight is 1540 g/mol. The Bertz CT molecular complexity index is 5960. The van der Waals surface area contributed by atoms with Gasteiger partial charge in [-0.25, -0.2) is 15.0 Å². The summed E-state index contributed by atoms with van der Waals surface area (Å²) in [6, 6.07) is 55.5. The maximum atomic E-state index is 14.2. The van der Waals surface area contributed by atoms with E-state index >= 15 is 0 Å². The molecule has 110 heavy (non-hydrogen) atoms. The molecule has 3 atom stereocenters. The number of aryl methyl sites for hydroxylation is 2. The van der Waals surface area contributed by atoms with E-state index in [0.717, 1.165) is 63.3 Å². The summed E-state index contributed by atoms with van der Waals surface area (Å²) in [5.41, 5.74) is 28.6. The molecule has 6 aromatic carbocycles. The first-order valence-corrected chi connectivity index (χ1v) is 34.2. The Kier molecular flexibility index (Phi) is 25.4. The van der Waals surface area contributed by atoms with E-state index in [0.29, 0.717) is 59.8 Å². The smallest absolute Gasteiger partial charge is 0.423 e. The summed E-state index contributed by atoms with van der Waals surface area (Å²) in [6.07, 6.45) is 6.33. The maximum Gasteiger partial charge on any atom is 0.488 e. The third-order valence-electron chi connectivity index (χ3n) is 16.6. The lowest BCUT2D eigenvalue weighted by Gasteiger charge is -2.22. The van der Waals surface area contributed by atoms with Crippen LogP contribution in [0.5, 0.6) is 0 Å². The van der Waals surface area contributed by atoms with Crippen molar-refractivity contribution < 1.29 is 24.8 Å². The number of anilines is 5. The van der Waals surface area contributed by atoms with Crippen molar-refractivity contribution in [1.29, 1.82) is 0 Å². The van der Waals surface area contributed by atoms with Gasteiger partial charge in [-0.1, -0.05) is 132 Å². The monoisotopic (exact) mass is 1540 g/mol. The number of halogens is 3. The first kappa shape index (κ1) is 79.1. The van der Waals surface area contributed by atoms with Crippen LogP contribution >= 0.6 is 34.8 Å². The highest BCUT2D eigenvalue weighted by molar-refractivity contribution is 6.58. The minimum absolute atomic E-state index is 0.0295. The van der Waals surface area contributed by atoms with Gasteiger partial charge in [-0.3, -0.25) is 68.4 Å². The van der Waals surface area contributed by atoms with Gasteiger partial charge in [0.2, 0.25) is 34.6 Å². The van der Waals surface area contributed by atoms with Gasteiger partial charge in [0.15, 0.2) is 0 Å². The number of hydrogen-bond acceptors (Lipinski definition) is 25. The van der Waals surface area contributed by atoms with E-state index in [9.17, 15) is 44.7 Å². The third kappa shape index (κ3) is 18.5. The molecule has 556 valence electrons.